The Morgan fingerprint density at radius 1 is 1.05 bits per heavy atom. The van der Waals surface area contributed by atoms with E-state index in [1.807, 2.05) is 6.07 Å². The Labute approximate surface area is 128 Å². The lowest BCUT2D eigenvalue weighted by Crippen LogP contribution is -2.48. The molecular formula is C15H19Cl2NS. The third kappa shape index (κ3) is 2.07. The highest BCUT2D eigenvalue weighted by Crippen LogP contribution is 2.59. The van der Waals surface area contributed by atoms with E-state index in [2.05, 4.69) is 0 Å². The van der Waals surface area contributed by atoms with Crippen molar-refractivity contribution >= 4 is 34.5 Å². The maximum Gasteiger partial charge on any atom is 0.0991 e. The summed E-state index contributed by atoms with van der Waals surface area (Å²) in [5.41, 5.74) is 7.69. The van der Waals surface area contributed by atoms with Crippen molar-refractivity contribution in [1.82, 2.24) is 0 Å². The van der Waals surface area contributed by atoms with Gasteiger partial charge in [-0.1, -0.05) is 23.2 Å². The Morgan fingerprint density at radius 3 is 2.11 bits per heavy atom. The van der Waals surface area contributed by atoms with Crippen molar-refractivity contribution in [3.05, 3.63) is 20.3 Å². The van der Waals surface area contributed by atoms with E-state index in [0.717, 1.165) is 37.9 Å². The molecule has 1 heterocycles. The predicted octanol–water partition coefficient (Wildman–Crippen LogP) is 5.13. The van der Waals surface area contributed by atoms with E-state index < -0.39 is 0 Å². The molecule has 2 N–H and O–H groups in total. The first kappa shape index (κ1) is 12.9. The van der Waals surface area contributed by atoms with Crippen LogP contribution in [-0.4, -0.2) is 0 Å². The molecule has 0 amide bonds. The van der Waals surface area contributed by atoms with Crippen LogP contribution in [0.25, 0.3) is 0 Å². The number of hydrogen-bond acceptors (Lipinski definition) is 2. The molecule has 4 bridgehead atoms. The molecule has 4 fully saturated rings. The van der Waals surface area contributed by atoms with Gasteiger partial charge >= 0.3 is 0 Å². The summed E-state index contributed by atoms with van der Waals surface area (Å²) in [5, 5.41) is 0. The maximum absolute atomic E-state index is 6.60. The van der Waals surface area contributed by atoms with E-state index in [-0.39, 0.29) is 6.04 Å². The lowest BCUT2D eigenvalue weighted by atomic mass is 9.50. The highest BCUT2D eigenvalue weighted by atomic mass is 35.5. The van der Waals surface area contributed by atoms with Crippen molar-refractivity contribution in [3.63, 3.8) is 0 Å². The van der Waals surface area contributed by atoms with Gasteiger partial charge in [0.25, 0.3) is 0 Å². The zero-order chi connectivity index (χ0) is 13.1. The lowest BCUT2D eigenvalue weighted by molar-refractivity contribution is -0.0471. The largest absolute Gasteiger partial charge is 0.324 e. The Morgan fingerprint density at radius 2 is 1.63 bits per heavy atom. The summed E-state index contributed by atoms with van der Waals surface area (Å²) in [7, 11) is 0. The Balaban J connectivity index is 1.63. The summed E-state index contributed by atoms with van der Waals surface area (Å²) in [6.45, 7) is 0. The van der Waals surface area contributed by atoms with E-state index >= 15 is 0 Å². The van der Waals surface area contributed by atoms with Gasteiger partial charge in [-0.25, -0.2) is 0 Å². The molecule has 1 aromatic rings. The first-order valence-corrected chi connectivity index (χ1v) is 8.89. The van der Waals surface area contributed by atoms with Crippen LogP contribution in [0.15, 0.2) is 6.07 Å². The third-order valence-electron chi connectivity index (χ3n) is 5.76. The van der Waals surface area contributed by atoms with Crippen LogP contribution in [0.5, 0.6) is 0 Å². The van der Waals surface area contributed by atoms with Crippen LogP contribution >= 0.6 is 34.5 Å². The van der Waals surface area contributed by atoms with Crippen molar-refractivity contribution in [2.45, 2.75) is 38.1 Å². The summed E-state index contributed by atoms with van der Waals surface area (Å²) < 4.78 is 1.56. The van der Waals surface area contributed by atoms with Gasteiger partial charge in [0, 0.05) is 11.6 Å². The van der Waals surface area contributed by atoms with Gasteiger partial charge < -0.3 is 5.73 Å². The van der Waals surface area contributed by atoms with Gasteiger partial charge in [0.15, 0.2) is 0 Å². The average molecular weight is 316 g/mol. The van der Waals surface area contributed by atoms with Crippen LogP contribution < -0.4 is 5.73 Å². The van der Waals surface area contributed by atoms with Gasteiger partial charge in [-0.15, -0.1) is 11.3 Å². The van der Waals surface area contributed by atoms with E-state index in [1.165, 1.54) is 43.4 Å². The van der Waals surface area contributed by atoms with Crippen molar-refractivity contribution in [3.8, 4) is 0 Å². The predicted molar refractivity (Wildman–Crippen MR) is 81.8 cm³/mol. The molecule has 1 nitrogen and oxygen atoms in total. The summed E-state index contributed by atoms with van der Waals surface area (Å²) >= 11 is 13.8. The SMILES string of the molecule is NC(c1cc(Cl)sc1Cl)C1C2CC3CC(C2)CC1C3. The van der Waals surface area contributed by atoms with E-state index in [1.54, 1.807) is 0 Å². The van der Waals surface area contributed by atoms with Crippen molar-refractivity contribution in [1.29, 1.82) is 0 Å². The number of nitrogens with two attached hydrogens (primary N) is 1. The van der Waals surface area contributed by atoms with Crippen LogP contribution in [0.1, 0.15) is 43.7 Å². The monoisotopic (exact) mass is 315 g/mol. The number of thiophene rings is 1. The fraction of sp³-hybridized carbons (Fsp3) is 0.733. The van der Waals surface area contributed by atoms with Crippen LogP contribution in [0.4, 0.5) is 0 Å². The molecule has 4 aliphatic rings. The Kier molecular flexibility index (Phi) is 3.15. The summed E-state index contributed by atoms with van der Waals surface area (Å²) in [6, 6.07) is 2.08. The zero-order valence-electron chi connectivity index (χ0n) is 10.8. The molecule has 0 saturated heterocycles. The van der Waals surface area contributed by atoms with E-state index in [9.17, 15) is 0 Å². The number of halogens is 2. The Hall–Kier alpha value is 0.240. The fourth-order valence-corrected chi connectivity index (χ4v) is 6.91. The topological polar surface area (TPSA) is 26.0 Å². The van der Waals surface area contributed by atoms with Gasteiger partial charge in [-0.2, -0.15) is 0 Å². The second-order valence-corrected chi connectivity index (χ2v) is 9.10. The van der Waals surface area contributed by atoms with E-state index in [0.29, 0.717) is 5.92 Å². The molecule has 19 heavy (non-hydrogen) atoms. The molecule has 4 heteroatoms. The minimum Gasteiger partial charge on any atom is -0.324 e. The molecule has 1 aromatic heterocycles. The maximum atomic E-state index is 6.60. The third-order valence-corrected chi connectivity index (χ3v) is 7.27. The first-order chi connectivity index (χ1) is 9.11. The van der Waals surface area contributed by atoms with Gasteiger partial charge in [0.2, 0.25) is 0 Å². The summed E-state index contributed by atoms with van der Waals surface area (Å²) in [6.07, 6.45) is 7.10. The molecular weight excluding hydrogens is 297 g/mol. The lowest BCUT2D eigenvalue weighted by Gasteiger charge is -2.56. The standard InChI is InChI=1S/C15H19Cl2NS/c16-12-6-11(15(17)19-12)14(18)13-9-2-7-1-8(4-9)5-10(13)3-7/h6-10,13-14H,1-5,18H2. The molecule has 0 aliphatic heterocycles. The smallest absolute Gasteiger partial charge is 0.0991 e. The minimum absolute atomic E-state index is 0.0891. The molecule has 0 radical (unpaired) electrons. The number of rotatable bonds is 2. The zero-order valence-corrected chi connectivity index (χ0v) is 13.1. The van der Waals surface area contributed by atoms with Crippen molar-refractivity contribution in [2.75, 3.05) is 0 Å². The summed E-state index contributed by atoms with van der Waals surface area (Å²) in [5.74, 6) is 4.29. The van der Waals surface area contributed by atoms with Crippen molar-refractivity contribution in [2.24, 2.45) is 35.3 Å². The quantitative estimate of drug-likeness (QED) is 0.804. The van der Waals surface area contributed by atoms with E-state index in [4.69, 9.17) is 28.9 Å². The molecule has 0 spiro atoms. The molecule has 1 unspecified atom stereocenters. The molecule has 1 atom stereocenters. The molecule has 4 saturated carbocycles. The van der Waals surface area contributed by atoms with Gasteiger partial charge in [-0.05, 0) is 67.8 Å². The first-order valence-electron chi connectivity index (χ1n) is 7.32. The van der Waals surface area contributed by atoms with Crippen LogP contribution in [0.3, 0.4) is 0 Å². The van der Waals surface area contributed by atoms with Crippen LogP contribution in [-0.2, 0) is 0 Å². The molecule has 104 valence electrons. The molecule has 4 aliphatic carbocycles. The highest BCUT2D eigenvalue weighted by Gasteiger charge is 2.50. The van der Waals surface area contributed by atoms with Crippen molar-refractivity contribution < 1.29 is 0 Å². The van der Waals surface area contributed by atoms with Gasteiger partial charge in [-0.3, -0.25) is 0 Å². The normalized spacial score (nSPS) is 41.7. The minimum atomic E-state index is 0.0891. The molecule has 5 rings (SSSR count). The van der Waals surface area contributed by atoms with Crippen LogP contribution in [0.2, 0.25) is 8.67 Å². The Bertz CT molecular complexity index is 470. The second kappa shape index (κ2) is 4.62. The summed E-state index contributed by atoms with van der Waals surface area (Å²) in [4.78, 5) is 0. The second-order valence-electron chi connectivity index (χ2n) is 6.81. The average Bonchev–Trinajstić information content (AvgIpc) is 2.66. The van der Waals surface area contributed by atoms with Gasteiger partial charge in [0.05, 0.1) is 8.67 Å². The molecule has 0 aromatic carbocycles. The van der Waals surface area contributed by atoms with Crippen LogP contribution in [0, 0.1) is 29.6 Å². The fourth-order valence-electron chi connectivity index (χ4n) is 5.34. The highest BCUT2D eigenvalue weighted by molar-refractivity contribution is 7.20. The van der Waals surface area contributed by atoms with Gasteiger partial charge in [0.1, 0.15) is 0 Å². The number of hydrogen-bond donors (Lipinski definition) is 1.